The smallest absolute Gasteiger partial charge is 0.235 e. The van der Waals surface area contributed by atoms with E-state index >= 15 is 0 Å². The number of amides is 1. The van der Waals surface area contributed by atoms with Gasteiger partial charge in [0, 0.05) is 16.6 Å². The molecule has 0 saturated heterocycles. The number of nitrogens with zero attached hydrogens (tertiary/aromatic N) is 1. The van der Waals surface area contributed by atoms with Crippen molar-refractivity contribution in [3.63, 3.8) is 0 Å². The van der Waals surface area contributed by atoms with Crippen molar-refractivity contribution in [3.05, 3.63) is 29.8 Å². The van der Waals surface area contributed by atoms with Gasteiger partial charge in [0.1, 0.15) is 0 Å². The van der Waals surface area contributed by atoms with Gasteiger partial charge in [0.2, 0.25) is 5.91 Å². The normalized spacial score (nSPS) is 41.2. The predicted molar refractivity (Wildman–Crippen MR) is 93.4 cm³/mol. The van der Waals surface area contributed by atoms with Gasteiger partial charge in [-0.1, -0.05) is 54.9 Å². The molecule has 0 spiro atoms. The van der Waals surface area contributed by atoms with Crippen molar-refractivity contribution < 1.29 is 4.79 Å². The van der Waals surface area contributed by atoms with E-state index in [-0.39, 0.29) is 22.3 Å². The Kier molecular flexibility index (Phi) is 2.79. The summed E-state index contributed by atoms with van der Waals surface area (Å²) in [5.41, 5.74) is 2.50. The van der Waals surface area contributed by atoms with Crippen LogP contribution in [-0.2, 0) is 11.2 Å². The van der Waals surface area contributed by atoms with Crippen LogP contribution in [0.3, 0.4) is 0 Å². The van der Waals surface area contributed by atoms with Gasteiger partial charge in [-0.25, -0.2) is 0 Å². The van der Waals surface area contributed by atoms with E-state index < -0.39 is 0 Å². The average molecular weight is 362 g/mol. The molecule has 1 amide bonds. The van der Waals surface area contributed by atoms with E-state index in [1.54, 1.807) is 0 Å². The predicted octanol–water partition coefficient (Wildman–Crippen LogP) is 4.55. The second-order valence-electron chi connectivity index (χ2n) is 8.23. The molecule has 1 aromatic rings. The number of halogens is 1. The number of carbonyl (C=O) groups is 1. The molecule has 2 nitrogen and oxygen atoms in total. The topological polar surface area (TPSA) is 20.3 Å². The van der Waals surface area contributed by atoms with E-state index in [0.717, 1.165) is 24.9 Å². The van der Waals surface area contributed by atoms with Gasteiger partial charge in [-0.15, -0.1) is 0 Å². The van der Waals surface area contributed by atoms with Crippen molar-refractivity contribution in [3.8, 4) is 0 Å². The molecule has 22 heavy (non-hydrogen) atoms. The molecule has 1 heterocycles. The van der Waals surface area contributed by atoms with Gasteiger partial charge in [-0.3, -0.25) is 4.79 Å². The first-order valence-corrected chi connectivity index (χ1v) is 9.24. The summed E-state index contributed by atoms with van der Waals surface area (Å²) >= 11 is 3.90. The van der Waals surface area contributed by atoms with Crippen LogP contribution in [-0.4, -0.2) is 16.8 Å². The number of alkyl halides is 1. The summed E-state index contributed by atoms with van der Waals surface area (Å²) in [5.74, 6) is 0.340. The van der Waals surface area contributed by atoms with E-state index in [0.29, 0.717) is 10.7 Å². The van der Waals surface area contributed by atoms with Gasteiger partial charge in [-0.2, -0.15) is 0 Å². The van der Waals surface area contributed by atoms with Crippen LogP contribution in [0.2, 0.25) is 0 Å². The summed E-state index contributed by atoms with van der Waals surface area (Å²) in [7, 11) is 0. The monoisotopic (exact) mass is 361 g/mol. The van der Waals surface area contributed by atoms with Crippen LogP contribution in [0, 0.1) is 16.2 Å². The molecule has 0 radical (unpaired) electrons. The Labute approximate surface area is 141 Å². The number of anilines is 1. The molecule has 3 heteroatoms. The summed E-state index contributed by atoms with van der Waals surface area (Å²) < 4.78 is 0. The molecule has 3 fully saturated rings. The standard InChI is InChI=1S/C19H24BrNO/c1-12-11-13-7-5-6-8-14(13)21(12)16(22)19-10-9-18(4,15(19)20)17(19,2)3/h5-8,12,15H,9-11H2,1-4H3. The SMILES string of the molecule is CC1Cc2ccccc2N1C(=O)C12CCC(C)(C1Br)C2(C)C. The molecular formula is C19H24BrNO. The Morgan fingerprint density at radius 3 is 2.50 bits per heavy atom. The van der Waals surface area contributed by atoms with Crippen LogP contribution in [0.15, 0.2) is 24.3 Å². The van der Waals surface area contributed by atoms with Crippen molar-refractivity contribution in [1.82, 2.24) is 0 Å². The highest BCUT2D eigenvalue weighted by atomic mass is 79.9. The zero-order valence-corrected chi connectivity index (χ0v) is 15.4. The molecule has 3 saturated carbocycles. The fraction of sp³-hybridized carbons (Fsp3) is 0.632. The van der Waals surface area contributed by atoms with Gasteiger partial charge in [0.05, 0.1) is 5.41 Å². The molecule has 0 N–H and O–H groups in total. The Bertz CT molecular complexity index is 669. The highest BCUT2D eigenvalue weighted by Crippen LogP contribution is 2.80. The first-order chi connectivity index (χ1) is 10.3. The molecule has 5 rings (SSSR count). The maximum absolute atomic E-state index is 13.6. The van der Waals surface area contributed by atoms with Gasteiger partial charge < -0.3 is 4.90 Å². The quantitative estimate of drug-likeness (QED) is 0.671. The lowest BCUT2D eigenvalue weighted by Crippen LogP contribution is -2.70. The summed E-state index contributed by atoms with van der Waals surface area (Å²) in [6.07, 6.45) is 3.13. The number of hydrogen-bond donors (Lipinski definition) is 0. The lowest BCUT2D eigenvalue weighted by atomic mass is 9.43. The van der Waals surface area contributed by atoms with E-state index in [1.807, 2.05) is 6.07 Å². The number of rotatable bonds is 1. The minimum Gasteiger partial charge on any atom is -0.309 e. The van der Waals surface area contributed by atoms with E-state index in [1.165, 1.54) is 5.56 Å². The van der Waals surface area contributed by atoms with Crippen molar-refractivity contribution in [2.75, 3.05) is 4.90 Å². The third kappa shape index (κ3) is 1.32. The first-order valence-electron chi connectivity index (χ1n) is 8.33. The molecule has 3 aliphatic carbocycles. The number of carbonyl (C=O) groups excluding carboxylic acids is 1. The average Bonchev–Trinajstić information content (AvgIpc) is 3.03. The molecular weight excluding hydrogens is 338 g/mol. The highest BCUT2D eigenvalue weighted by molar-refractivity contribution is 9.09. The molecule has 118 valence electrons. The molecule has 4 unspecified atom stereocenters. The molecule has 0 aromatic heterocycles. The second-order valence-corrected chi connectivity index (χ2v) is 9.15. The van der Waals surface area contributed by atoms with Crippen molar-refractivity contribution in [1.29, 1.82) is 0 Å². The minimum atomic E-state index is -0.243. The zero-order valence-electron chi connectivity index (χ0n) is 13.8. The van der Waals surface area contributed by atoms with Gasteiger partial charge in [0.25, 0.3) is 0 Å². The molecule has 1 aromatic carbocycles. The summed E-state index contributed by atoms with van der Waals surface area (Å²) in [6.45, 7) is 9.11. The van der Waals surface area contributed by atoms with E-state index in [2.05, 4.69) is 66.7 Å². The fourth-order valence-corrected chi connectivity index (χ4v) is 7.32. The number of fused-ring (bicyclic) bond motifs is 2. The Morgan fingerprint density at radius 2 is 1.91 bits per heavy atom. The lowest BCUT2D eigenvalue weighted by molar-refractivity contribution is -0.159. The zero-order chi connectivity index (χ0) is 15.9. The molecule has 4 aliphatic rings. The second kappa shape index (κ2) is 4.17. The van der Waals surface area contributed by atoms with Gasteiger partial charge in [0.15, 0.2) is 0 Å². The Balaban J connectivity index is 1.78. The van der Waals surface area contributed by atoms with Crippen molar-refractivity contribution in [2.24, 2.45) is 16.2 Å². The molecule has 1 aliphatic heterocycles. The highest BCUT2D eigenvalue weighted by Gasteiger charge is 2.80. The third-order valence-corrected chi connectivity index (χ3v) is 9.17. The molecule has 2 bridgehead atoms. The number of benzene rings is 1. The van der Waals surface area contributed by atoms with E-state index in [9.17, 15) is 4.79 Å². The molecule has 4 atom stereocenters. The number of hydrogen-bond acceptors (Lipinski definition) is 1. The maximum atomic E-state index is 13.6. The van der Waals surface area contributed by atoms with Gasteiger partial charge >= 0.3 is 0 Å². The lowest BCUT2D eigenvalue weighted by Gasteiger charge is -2.65. The van der Waals surface area contributed by atoms with Crippen LogP contribution < -0.4 is 4.90 Å². The van der Waals surface area contributed by atoms with Crippen LogP contribution in [0.4, 0.5) is 5.69 Å². The summed E-state index contributed by atoms with van der Waals surface area (Å²) in [5, 5.41) is 0. The van der Waals surface area contributed by atoms with Gasteiger partial charge in [-0.05, 0) is 48.6 Å². The van der Waals surface area contributed by atoms with Crippen LogP contribution in [0.25, 0.3) is 0 Å². The largest absolute Gasteiger partial charge is 0.309 e. The fourth-order valence-electron chi connectivity index (χ4n) is 5.52. The Morgan fingerprint density at radius 1 is 1.23 bits per heavy atom. The van der Waals surface area contributed by atoms with E-state index in [4.69, 9.17) is 0 Å². The number of para-hydroxylation sites is 1. The Hall–Kier alpha value is -0.830. The van der Waals surface area contributed by atoms with Crippen LogP contribution in [0.5, 0.6) is 0 Å². The maximum Gasteiger partial charge on any atom is 0.235 e. The van der Waals surface area contributed by atoms with Crippen molar-refractivity contribution >= 4 is 27.5 Å². The third-order valence-electron chi connectivity index (χ3n) is 7.38. The van der Waals surface area contributed by atoms with Crippen molar-refractivity contribution in [2.45, 2.75) is 57.8 Å². The summed E-state index contributed by atoms with van der Waals surface area (Å²) in [6, 6.07) is 8.65. The minimum absolute atomic E-state index is 0.0580. The summed E-state index contributed by atoms with van der Waals surface area (Å²) in [4.78, 5) is 16.0. The first kappa shape index (κ1) is 14.7. The van der Waals surface area contributed by atoms with Crippen LogP contribution in [0.1, 0.15) is 46.1 Å². The van der Waals surface area contributed by atoms with Crippen LogP contribution >= 0.6 is 15.9 Å².